The fraction of sp³-hybridized carbons (Fsp3) is 0.348. The minimum atomic E-state index is -0.0943. The molecule has 3 rings (SSSR count). The molecule has 0 aliphatic rings. The van der Waals surface area contributed by atoms with Crippen LogP contribution in [0.25, 0.3) is 10.9 Å². The highest BCUT2D eigenvalue weighted by atomic mass is 16.5. The van der Waals surface area contributed by atoms with Crippen LogP contribution in [0.1, 0.15) is 37.3 Å². The number of rotatable bonds is 8. The highest BCUT2D eigenvalue weighted by Gasteiger charge is 2.23. The summed E-state index contributed by atoms with van der Waals surface area (Å²) in [5.74, 6) is 1.69. The smallest absolute Gasteiger partial charge is 0.220 e. The molecule has 0 saturated carbocycles. The molecule has 0 spiro atoms. The van der Waals surface area contributed by atoms with Gasteiger partial charge in [-0.15, -0.1) is 0 Å². The number of hydrogen-bond donors (Lipinski definition) is 2. The summed E-state index contributed by atoms with van der Waals surface area (Å²) in [6.07, 6.45) is 2.37. The maximum Gasteiger partial charge on any atom is 0.220 e. The first-order valence-electron chi connectivity index (χ1n) is 9.58. The second-order valence-electron chi connectivity index (χ2n) is 7.36. The molecule has 148 valence electrons. The summed E-state index contributed by atoms with van der Waals surface area (Å²) in [6.45, 7) is 4.85. The van der Waals surface area contributed by atoms with Crippen LogP contribution >= 0.6 is 0 Å². The van der Waals surface area contributed by atoms with E-state index in [-0.39, 0.29) is 11.8 Å². The molecule has 3 aromatic rings. The zero-order valence-corrected chi connectivity index (χ0v) is 16.9. The molecule has 2 aromatic carbocycles. The lowest BCUT2D eigenvalue weighted by molar-refractivity contribution is -0.121. The van der Waals surface area contributed by atoms with Crippen LogP contribution in [0, 0.1) is 5.92 Å². The summed E-state index contributed by atoms with van der Waals surface area (Å²) >= 11 is 0. The van der Waals surface area contributed by atoms with Crippen molar-refractivity contribution in [3.8, 4) is 11.5 Å². The van der Waals surface area contributed by atoms with Gasteiger partial charge in [-0.1, -0.05) is 38.1 Å². The number of ether oxygens (including phenoxy) is 2. The van der Waals surface area contributed by atoms with E-state index in [1.54, 1.807) is 14.2 Å². The number of para-hydroxylation sites is 1. The van der Waals surface area contributed by atoms with E-state index in [0.717, 1.165) is 22.0 Å². The molecule has 1 amide bonds. The normalized spacial score (nSPS) is 12.2. The third-order valence-electron chi connectivity index (χ3n) is 4.90. The number of aromatic nitrogens is 1. The third-order valence-corrected chi connectivity index (χ3v) is 4.90. The van der Waals surface area contributed by atoms with Crippen LogP contribution in [-0.4, -0.2) is 31.7 Å². The molecule has 0 fully saturated rings. The summed E-state index contributed by atoms with van der Waals surface area (Å²) in [5.41, 5.74) is 3.18. The Morgan fingerprint density at radius 2 is 1.82 bits per heavy atom. The number of methoxy groups -OCH3 is 2. The Bertz CT molecular complexity index is 946. The van der Waals surface area contributed by atoms with Gasteiger partial charge >= 0.3 is 0 Å². The quantitative estimate of drug-likeness (QED) is 0.606. The van der Waals surface area contributed by atoms with Crippen LogP contribution in [-0.2, 0) is 4.79 Å². The lowest BCUT2D eigenvalue weighted by Crippen LogP contribution is -2.28. The van der Waals surface area contributed by atoms with Gasteiger partial charge in [0.05, 0.1) is 14.2 Å². The molecular formula is C23H28N2O3. The second-order valence-corrected chi connectivity index (χ2v) is 7.36. The summed E-state index contributed by atoms with van der Waals surface area (Å²) in [6, 6.07) is 14.0. The van der Waals surface area contributed by atoms with Crippen LogP contribution in [0.4, 0.5) is 0 Å². The van der Waals surface area contributed by atoms with Crippen molar-refractivity contribution in [2.45, 2.75) is 26.2 Å². The van der Waals surface area contributed by atoms with Gasteiger partial charge in [0.25, 0.3) is 0 Å². The minimum Gasteiger partial charge on any atom is -0.493 e. The minimum absolute atomic E-state index is 0.0405. The summed E-state index contributed by atoms with van der Waals surface area (Å²) in [7, 11) is 3.24. The fourth-order valence-electron chi connectivity index (χ4n) is 3.43. The van der Waals surface area contributed by atoms with Crippen LogP contribution in [0.2, 0.25) is 0 Å². The highest BCUT2D eigenvalue weighted by Crippen LogP contribution is 2.37. The summed E-state index contributed by atoms with van der Waals surface area (Å²) in [4.78, 5) is 16.0. The van der Waals surface area contributed by atoms with Crippen molar-refractivity contribution in [1.29, 1.82) is 0 Å². The first-order chi connectivity index (χ1) is 13.5. The van der Waals surface area contributed by atoms with Gasteiger partial charge in [0.1, 0.15) is 0 Å². The Kier molecular flexibility index (Phi) is 6.24. The number of fused-ring (bicyclic) bond motifs is 1. The number of hydrogen-bond acceptors (Lipinski definition) is 3. The van der Waals surface area contributed by atoms with Gasteiger partial charge in [0.15, 0.2) is 11.5 Å². The predicted octanol–water partition coefficient (Wildman–Crippen LogP) is 4.48. The molecule has 5 heteroatoms. The monoisotopic (exact) mass is 380 g/mol. The molecule has 0 bridgehead atoms. The molecule has 0 aliphatic heterocycles. The maximum absolute atomic E-state index is 12.7. The van der Waals surface area contributed by atoms with Crippen molar-refractivity contribution in [2.24, 2.45) is 5.92 Å². The lowest BCUT2D eigenvalue weighted by atomic mass is 9.87. The molecule has 1 unspecified atom stereocenters. The van der Waals surface area contributed by atoms with Crippen molar-refractivity contribution < 1.29 is 14.3 Å². The first kappa shape index (κ1) is 19.8. The van der Waals surface area contributed by atoms with Crippen LogP contribution in [0.3, 0.4) is 0 Å². The average Bonchev–Trinajstić information content (AvgIpc) is 3.14. The average molecular weight is 380 g/mol. The summed E-state index contributed by atoms with van der Waals surface area (Å²) in [5, 5.41) is 4.16. The van der Waals surface area contributed by atoms with E-state index in [4.69, 9.17) is 9.47 Å². The SMILES string of the molecule is COc1ccc(C(CC(=O)NCC(C)C)c2c[nH]c3ccccc23)cc1OC. The number of carbonyl (C=O) groups excluding carboxylic acids is 1. The van der Waals surface area contributed by atoms with Gasteiger partial charge in [-0.3, -0.25) is 4.79 Å². The summed E-state index contributed by atoms with van der Waals surface area (Å²) < 4.78 is 10.8. The van der Waals surface area contributed by atoms with E-state index in [1.165, 1.54) is 0 Å². The second kappa shape index (κ2) is 8.83. The molecule has 0 aliphatic carbocycles. The van der Waals surface area contributed by atoms with Crippen molar-refractivity contribution in [3.05, 3.63) is 59.8 Å². The fourth-order valence-corrected chi connectivity index (χ4v) is 3.43. The Balaban J connectivity index is 2.00. The number of H-pyrrole nitrogens is 1. The lowest BCUT2D eigenvalue weighted by Gasteiger charge is -2.19. The van der Waals surface area contributed by atoms with E-state index >= 15 is 0 Å². The van der Waals surface area contributed by atoms with Crippen molar-refractivity contribution in [1.82, 2.24) is 10.3 Å². The molecule has 28 heavy (non-hydrogen) atoms. The molecular weight excluding hydrogens is 352 g/mol. The zero-order chi connectivity index (χ0) is 20.1. The van der Waals surface area contributed by atoms with E-state index < -0.39 is 0 Å². The van der Waals surface area contributed by atoms with E-state index in [9.17, 15) is 4.79 Å². The largest absolute Gasteiger partial charge is 0.493 e. The van der Waals surface area contributed by atoms with Crippen LogP contribution in [0.5, 0.6) is 11.5 Å². The van der Waals surface area contributed by atoms with Gasteiger partial charge in [0.2, 0.25) is 5.91 Å². The van der Waals surface area contributed by atoms with E-state index in [2.05, 4.69) is 30.2 Å². The van der Waals surface area contributed by atoms with Crippen LogP contribution < -0.4 is 14.8 Å². The van der Waals surface area contributed by atoms with E-state index in [0.29, 0.717) is 30.4 Å². The molecule has 2 N–H and O–H groups in total. The predicted molar refractivity (Wildman–Crippen MR) is 112 cm³/mol. The zero-order valence-electron chi connectivity index (χ0n) is 16.9. The number of nitrogens with one attached hydrogen (secondary N) is 2. The molecule has 1 aromatic heterocycles. The molecule has 0 saturated heterocycles. The van der Waals surface area contributed by atoms with Gasteiger partial charge in [-0.2, -0.15) is 0 Å². The number of benzene rings is 2. The van der Waals surface area contributed by atoms with Crippen molar-refractivity contribution in [2.75, 3.05) is 20.8 Å². The van der Waals surface area contributed by atoms with E-state index in [1.807, 2.05) is 42.6 Å². The number of aromatic amines is 1. The molecule has 1 heterocycles. The molecule has 0 radical (unpaired) electrons. The molecule has 1 atom stereocenters. The Morgan fingerprint density at radius 1 is 1.07 bits per heavy atom. The standard InChI is InChI=1S/C23H28N2O3/c1-15(2)13-25-23(26)12-18(16-9-10-21(27-3)22(11-16)28-4)19-14-24-20-8-6-5-7-17(19)20/h5-11,14-15,18,24H,12-13H2,1-4H3,(H,25,26). The van der Waals surface area contributed by atoms with Gasteiger partial charge in [-0.05, 0) is 35.2 Å². The van der Waals surface area contributed by atoms with Gasteiger partial charge in [-0.25, -0.2) is 0 Å². The van der Waals surface area contributed by atoms with Crippen molar-refractivity contribution in [3.63, 3.8) is 0 Å². The first-order valence-corrected chi connectivity index (χ1v) is 9.58. The maximum atomic E-state index is 12.7. The number of amides is 1. The Labute approximate surface area is 166 Å². The highest BCUT2D eigenvalue weighted by molar-refractivity contribution is 5.86. The Morgan fingerprint density at radius 3 is 2.54 bits per heavy atom. The van der Waals surface area contributed by atoms with Gasteiger partial charge in [0, 0.05) is 36.0 Å². The van der Waals surface area contributed by atoms with Crippen molar-refractivity contribution >= 4 is 16.8 Å². The molecule has 5 nitrogen and oxygen atoms in total. The topological polar surface area (TPSA) is 63.3 Å². The van der Waals surface area contributed by atoms with Crippen LogP contribution in [0.15, 0.2) is 48.7 Å². The number of carbonyl (C=O) groups is 1. The third kappa shape index (κ3) is 4.30. The van der Waals surface area contributed by atoms with Gasteiger partial charge < -0.3 is 19.8 Å². The Hall–Kier alpha value is -2.95.